The van der Waals surface area contributed by atoms with E-state index in [1.54, 1.807) is 11.6 Å². The number of hydrogen-bond donors (Lipinski definition) is 2. The molecule has 2 aromatic rings. The van der Waals surface area contributed by atoms with Crippen LogP contribution >= 0.6 is 11.3 Å². The lowest BCUT2D eigenvalue weighted by Crippen LogP contribution is -2.28. The fourth-order valence-electron chi connectivity index (χ4n) is 2.46. The standard InChI is InChI=1S/C11H14N4O3S/c16-8-3-1-7(2-4-8)12-9-10(15(17)18)14-5-6-19-11(14)13-9/h5-8,12,16H,1-4H2. The lowest BCUT2D eigenvalue weighted by atomic mass is 9.93. The lowest BCUT2D eigenvalue weighted by molar-refractivity contribution is -0.389. The van der Waals surface area contributed by atoms with Crippen LogP contribution in [0, 0.1) is 10.1 Å². The van der Waals surface area contributed by atoms with Crippen LogP contribution in [-0.2, 0) is 0 Å². The molecule has 0 bridgehead atoms. The highest BCUT2D eigenvalue weighted by Crippen LogP contribution is 2.30. The van der Waals surface area contributed by atoms with E-state index in [-0.39, 0.29) is 18.0 Å². The van der Waals surface area contributed by atoms with E-state index < -0.39 is 4.92 Å². The van der Waals surface area contributed by atoms with Gasteiger partial charge in [-0.25, -0.2) is 0 Å². The number of fused-ring (bicyclic) bond motifs is 1. The molecular formula is C11H14N4O3S. The first-order valence-corrected chi connectivity index (χ1v) is 7.07. The predicted octanol–water partition coefficient (Wildman–Crippen LogP) is 2.02. The summed E-state index contributed by atoms with van der Waals surface area (Å²) in [5.41, 5.74) is 0. The third-order valence-electron chi connectivity index (χ3n) is 3.45. The maximum atomic E-state index is 11.2. The van der Waals surface area contributed by atoms with Crippen LogP contribution in [0.15, 0.2) is 11.6 Å². The van der Waals surface area contributed by atoms with E-state index in [4.69, 9.17) is 0 Å². The molecule has 3 rings (SSSR count). The zero-order valence-corrected chi connectivity index (χ0v) is 11.0. The second kappa shape index (κ2) is 4.78. The Hall–Kier alpha value is -1.67. The second-order valence-corrected chi connectivity index (χ2v) is 5.62. The topological polar surface area (TPSA) is 92.7 Å². The van der Waals surface area contributed by atoms with Crippen molar-refractivity contribution in [3.63, 3.8) is 0 Å². The van der Waals surface area contributed by atoms with Gasteiger partial charge in [-0.3, -0.25) is 0 Å². The summed E-state index contributed by atoms with van der Waals surface area (Å²) in [7, 11) is 0. The zero-order chi connectivity index (χ0) is 13.4. The summed E-state index contributed by atoms with van der Waals surface area (Å²) >= 11 is 1.37. The monoisotopic (exact) mass is 282 g/mol. The molecule has 0 aromatic carbocycles. The Labute approximate surface area is 113 Å². The van der Waals surface area contributed by atoms with Gasteiger partial charge >= 0.3 is 5.82 Å². The summed E-state index contributed by atoms with van der Waals surface area (Å²) in [6.45, 7) is 0. The van der Waals surface area contributed by atoms with Gasteiger partial charge < -0.3 is 20.5 Å². The first kappa shape index (κ1) is 12.4. The van der Waals surface area contributed by atoms with Crippen molar-refractivity contribution in [1.82, 2.24) is 9.38 Å². The van der Waals surface area contributed by atoms with Crippen molar-refractivity contribution in [2.75, 3.05) is 5.32 Å². The van der Waals surface area contributed by atoms with Gasteiger partial charge in [0, 0.05) is 11.4 Å². The molecule has 0 amide bonds. The van der Waals surface area contributed by atoms with E-state index in [1.165, 1.54) is 15.7 Å². The number of anilines is 1. The number of aliphatic hydroxyl groups is 1. The van der Waals surface area contributed by atoms with Crippen LogP contribution in [0.3, 0.4) is 0 Å². The van der Waals surface area contributed by atoms with Gasteiger partial charge in [0.15, 0.2) is 0 Å². The van der Waals surface area contributed by atoms with E-state index in [9.17, 15) is 15.2 Å². The molecule has 102 valence electrons. The molecule has 1 aliphatic carbocycles. The third kappa shape index (κ3) is 2.28. The lowest BCUT2D eigenvalue weighted by Gasteiger charge is -2.25. The summed E-state index contributed by atoms with van der Waals surface area (Å²) in [6.07, 6.45) is 4.49. The molecule has 8 heteroatoms. The average molecular weight is 282 g/mol. The number of hydrogen-bond acceptors (Lipinski definition) is 6. The van der Waals surface area contributed by atoms with Crippen molar-refractivity contribution in [3.8, 4) is 0 Å². The van der Waals surface area contributed by atoms with Gasteiger partial charge in [0.2, 0.25) is 5.82 Å². The first-order valence-electron chi connectivity index (χ1n) is 6.19. The Morgan fingerprint density at radius 3 is 2.89 bits per heavy atom. The first-order chi connectivity index (χ1) is 9.15. The average Bonchev–Trinajstić information content (AvgIpc) is 2.91. The number of nitro groups is 1. The maximum Gasteiger partial charge on any atom is 0.372 e. The summed E-state index contributed by atoms with van der Waals surface area (Å²) in [6, 6.07) is 0.145. The number of imidazole rings is 1. The van der Waals surface area contributed by atoms with E-state index in [1.807, 2.05) is 0 Å². The van der Waals surface area contributed by atoms with Gasteiger partial charge in [-0.05, 0) is 30.6 Å². The molecule has 2 heterocycles. The number of rotatable bonds is 3. The number of thiazole rings is 1. The van der Waals surface area contributed by atoms with Gasteiger partial charge in [-0.15, -0.1) is 0 Å². The number of nitrogens with zero attached hydrogens (tertiary/aromatic N) is 3. The SMILES string of the molecule is O=[N+]([O-])c1c(NC2CCC(O)CC2)nc2sccn12. The van der Waals surface area contributed by atoms with Crippen molar-refractivity contribution in [2.24, 2.45) is 0 Å². The largest absolute Gasteiger partial charge is 0.393 e. The molecule has 2 N–H and O–H groups in total. The Balaban J connectivity index is 1.86. The normalized spacial score (nSPS) is 23.6. The third-order valence-corrected chi connectivity index (χ3v) is 4.20. The maximum absolute atomic E-state index is 11.2. The predicted molar refractivity (Wildman–Crippen MR) is 71.6 cm³/mol. The molecule has 0 radical (unpaired) electrons. The molecule has 0 saturated heterocycles. The highest BCUT2D eigenvalue weighted by Gasteiger charge is 2.27. The summed E-state index contributed by atoms with van der Waals surface area (Å²) in [5, 5.41) is 25.5. The quantitative estimate of drug-likeness (QED) is 0.663. The van der Waals surface area contributed by atoms with E-state index in [0.717, 1.165) is 25.7 Å². The highest BCUT2D eigenvalue weighted by molar-refractivity contribution is 7.15. The van der Waals surface area contributed by atoms with Gasteiger partial charge in [0.1, 0.15) is 6.20 Å². The van der Waals surface area contributed by atoms with Crippen LogP contribution < -0.4 is 5.32 Å². The van der Waals surface area contributed by atoms with Crippen molar-refractivity contribution < 1.29 is 10.0 Å². The van der Waals surface area contributed by atoms with Crippen LogP contribution in [0.2, 0.25) is 0 Å². The van der Waals surface area contributed by atoms with Gasteiger partial charge in [-0.1, -0.05) is 11.3 Å². The summed E-state index contributed by atoms with van der Waals surface area (Å²) < 4.78 is 1.49. The molecule has 0 unspecified atom stereocenters. The van der Waals surface area contributed by atoms with Gasteiger partial charge in [0.05, 0.1) is 6.10 Å². The molecular weight excluding hydrogens is 268 g/mol. The molecule has 1 fully saturated rings. The van der Waals surface area contributed by atoms with E-state index in [0.29, 0.717) is 10.8 Å². The summed E-state index contributed by atoms with van der Waals surface area (Å²) in [5.74, 6) is 0.320. The number of nitrogens with one attached hydrogen (secondary N) is 1. The Kier molecular flexibility index (Phi) is 3.11. The van der Waals surface area contributed by atoms with Crippen molar-refractivity contribution >= 4 is 27.9 Å². The van der Waals surface area contributed by atoms with Crippen molar-refractivity contribution in [3.05, 3.63) is 21.7 Å². The summed E-state index contributed by atoms with van der Waals surface area (Å²) in [4.78, 5) is 15.6. The van der Waals surface area contributed by atoms with Gasteiger partial charge in [-0.2, -0.15) is 9.38 Å². The molecule has 1 saturated carbocycles. The minimum absolute atomic E-state index is 0.0117. The molecule has 2 aromatic heterocycles. The molecule has 0 aliphatic heterocycles. The minimum atomic E-state index is -0.410. The van der Waals surface area contributed by atoms with Crippen molar-refractivity contribution in [1.29, 1.82) is 0 Å². The molecule has 0 atom stereocenters. The fraction of sp³-hybridized carbons (Fsp3) is 0.545. The molecule has 19 heavy (non-hydrogen) atoms. The minimum Gasteiger partial charge on any atom is -0.393 e. The van der Waals surface area contributed by atoms with E-state index >= 15 is 0 Å². The van der Waals surface area contributed by atoms with Crippen LogP contribution in [0.5, 0.6) is 0 Å². The van der Waals surface area contributed by atoms with Crippen LogP contribution in [0.1, 0.15) is 25.7 Å². The van der Waals surface area contributed by atoms with Crippen LogP contribution in [0.25, 0.3) is 4.96 Å². The van der Waals surface area contributed by atoms with Crippen LogP contribution in [-0.4, -0.2) is 31.6 Å². The second-order valence-electron chi connectivity index (χ2n) is 4.75. The molecule has 7 nitrogen and oxygen atoms in total. The Morgan fingerprint density at radius 2 is 2.21 bits per heavy atom. The van der Waals surface area contributed by atoms with Gasteiger partial charge in [0.25, 0.3) is 4.96 Å². The smallest absolute Gasteiger partial charge is 0.372 e. The zero-order valence-electron chi connectivity index (χ0n) is 10.2. The Bertz CT molecular complexity index is 600. The van der Waals surface area contributed by atoms with Crippen molar-refractivity contribution in [2.45, 2.75) is 37.8 Å². The highest BCUT2D eigenvalue weighted by atomic mass is 32.1. The van der Waals surface area contributed by atoms with E-state index in [2.05, 4.69) is 10.3 Å². The molecule has 0 spiro atoms. The number of aliphatic hydroxyl groups excluding tert-OH is 1. The Morgan fingerprint density at radius 1 is 1.47 bits per heavy atom. The fourth-order valence-corrected chi connectivity index (χ4v) is 3.17. The molecule has 1 aliphatic rings. The van der Waals surface area contributed by atoms with Crippen LogP contribution in [0.4, 0.5) is 11.6 Å². The number of aromatic nitrogens is 2.